The van der Waals surface area contributed by atoms with Crippen LogP contribution >= 0.6 is 0 Å². The van der Waals surface area contributed by atoms with Gasteiger partial charge in [-0.25, -0.2) is 15.8 Å². The number of nitrogens with zero attached hydrogens (tertiary/aromatic N) is 2. The van der Waals surface area contributed by atoms with Crippen molar-refractivity contribution in [2.24, 2.45) is 11.8 Å². The highest BCUT2D eigenvalue weighted by Gasteiger charge is 2.20. The van der Waals surface area contributed by atoms with Crippen molar-refractivity contribution in [2.45, 2.75) is 52.0 Å². The summed E-state index contributed by atoms with van der Waals surface area (Å²) >= 11 is 0. The van der Waals surface area contributed by atoms with Crippen molar-refractivity contribution < 1.29 is 0 Å². The minimum Gasteiger partial charge on any atom is -0.367 e. The Hall–Kier alpha value is -1.36. The zero-order valence-corrected chi connectivity index (χ0v) is 11.2. The van der Waals surface area contributed by atoms with Crippen molar-refractivity contribution in [2.75, 3.05) is 10.7 Å². The van der Waals surface area contributed by atoms with Crippen molar-refractivity contribution in [3.8, 4) is 0 Å². The zero-order valence-electron chi connectivity index (χ0n) is 11.2. The molecule has 1 aromatic heterocycles. The molecule has 1 fully saturated rings. The van der Waals surface area contributed by atoms with Gasteiger partial charge in [-0.05, 0) is 38.5 Å². The minimum atomic E-state index is 0.534. The SMILES string of the molecule is CCC1CCC(Nc2ncnc(NN)c2C)CC1. The molecular formula is C13H23N5. The second-order valence-electron chi connectivity index (χ2n) is 5.11. The second kappa shape index (κ2) is 6.00. The Morgan fingerprint density at radius 1 is 1.22 bits per heavy atom. The topological polar surface area (TPSA) is 75.9 Å². The molecule has 1 aromatic rings. The summed E-state index contributed by atoms with van der Waals surface area (Å²) in [6.45, 7) is 4.27. The average Bonchev–Trinajstić information content (AvgIpc) is 2.42. The zero-order chi connectivity index (χ0) is 13.0. The van der Waals surface area contributed by atoms with Gasteiger partial charge in [-0.15, -0.1) is 0 Å². The van der Waals surface area contributed by atoms with Crippen molar-refractivity contribution in [1.82, 2.24) is 9.97 Å². The number of anilines is 2. The van der Waals surface area contributed by atoms with E-state index in [1.54, 1.807) is 6.33 Å². The number of aromatic nitrogens is 2. The predicted octanol–water partition coefficient (Wildman–Crippen LogP) is 2.45. The van der Waals surface area contributed by atoms with Gasteiger partial charge in [0.15, 0.2) is 0 Å². The normalized spacial score (nSPS) is 23.7. The van der Waals surface area contributed by atoms with Crippen molar-refractivity contribution in [1.29, 1.82) is 0 Å². The first kappa shape index (κ1) is 13.1. The van der Waals surface area contributed by atoms with Gasteiger partial charge in [0.1, 0.15) is 18.0 Å². The molecule has 0 amide bonds. The highest BCUT2D eigenvalue weighted by Crippen LogP contribution is 2.29. The van der Waals surface area contributed by atoms with Crippen LogP contribution < -0.4 is 16.6 Å². The van der Waals surface area contributed by atoms with Gasteiger partial charge in [-0.1, -0.05) is 13.3 Å². The van der Waals surface area contributed by atoms with Gasteiger partial charge in [-0.3, -0.25) is 0 Å². The Morgan fingerprint density at radius 3 is 2.50 bits per heavy atom. The predicted molar refractivity (Wildman–Crippen MR) is 74.2 cm³/mol. The number of nitrogens with two attached hydrogens (primary N) is 1. The maximum absolute atomic E-state index is 5.42. The van der Waals surface area contributed by atoms with Crippen LogP contribution in [0.2, 0.25) is 0 Å². The lowest BCUT2D eigenvalue weighted by molar-refractivity contribution is 0.330. The van der Waals surface area contributed by atoms with E-state index < -0.39 is 0 Å². The van der Waals surface area contributed by atoms with E-state index in [1.165, 1.54) is 32.1 Å². The summed E-state index contributed by atoms with van der Waals surface area (Å²) in [6.07, 6.45) is 7.95. The molecule has 18 heavy (non-hydrogen) atoms. The molecule has 100 valence electrons. The number of rotatable bonds is 4. The first-order valence-corrected chi connectivity index (χ1v) is 6.79. The fourth-order valence-electron chi connectivity index (χ4n) is 2.65. The van der Waals surface area contributed by atoms with Crippen molar-refractivity contribution in [3.05, 3.63) is 11.9 Å². The maximum Gasteiger partial charge on any atom is 0.148 e. The summed E-state index contributed by atoms with van der Waals surface area (Å²) in [5, 5.41) is 3.52. The quantitative estimate of drug-likeness (QED) is 0.564. The van der Waals surface area contributed by atoms with Gasteiger partial charge in [0, 0.05) is 11.6 Å². The Balaban J connectivity index is 1.98. The molecule has 0 radical (unpaired) electrons. The lowest BCUT2D eigenvalue weighted by Gasteiger charge is -2.29. The first-order chi connectivity index (χ1) is 8.74. The molecule has 0 spiro atoms. The molecule has 1 aliphatic rings. The monoisotopic (exact) mass is 249 g/mol. The Bertz CT molecular complexity index is 385. The molecule has 4 N–H and O–H groups in total. The van der Waals surface area contributed by atoms with E-state index in [4.69, 9.17) is 5.84 Å². The van der Waals surface area contributed by atoms with E-state index in [2.05, 4.69) is 27.6 Å². The summed E-state index contributed by atoms with van der Waals surface area (Å²) in [4.78, 5) is 8.39. The van der Waals surface area contributed by atoms with Crippen LogP contribution in [0.15, 0.2) is 6.33 Å². The summed E-state index contributed by atoms with van der Waals surface area (Å²) in [7, 11) is 0. The molecule has 0 bridgehead atoms. The summed E-state index contributed by atoms with van der Waals surface area (Å²) < 4.78 is 0. The average molecular weight is 249 g/mol. The molecule has 0 atom stereocenters. The van der Waals surface area contributed by atoms with Gasteiger partial charge < -0.3 is 10.7 Å². The number of hydrazine groups is 1. The van der Waals surface area contributed by atoms with E-state index in [0.717, 1.165) is 17.3 Å². The van der Waals surface area contributed by atoms with Gasteiger partial charge >= 0.3 is 0 Å². The molecule has 0 aromatic carbocycles. The fourth-order valence-corrected chi connectivity index (χ4v) is 2.65. The smallest absolute Gasteiger partial charge is 0.148 e. The van der Waals surface area contributed by atoms with Gasteiger partial charge in [0.25, 0.3) is 0 Å². The van der Waals surface area contributed by atoms with Crippen LogP contribution in [-0.4, -0.2) is 16.0 Å². The van der Waals surface area contributed by atoms with Crippen molar-refractivity contribution >= 4 is 11.6 Å². The summed E-state index contributed by atoms with van der Waals surface area (Å²) in [5.41, 5.74) is 3.58. The third-order valence-electron chi connectivity index (χ3n) is 3.99. The van der Waals surface area contributed by atoms with E-state index in [1.807, 2.05) is 6.92 Å². The number of hydrogen-bond donors (Lipinski definition) is 3. The fraction of sp³-hybridized carbons (Fsp3) is 0.692. The molecule has 1 heterocycles. The maximum atomic E-state index is 5.42. The van der Waals surface area contributed by atoms with Crippen LogP contribution in [0.3, 0.4) is 0 Å². The van der Waals surface area contributed by atoms with Crippen molar-refractivity contribution in [3.63, 3.8) is 0 Å². The number of nitrogens with one attached hydrogen (secondary N) is 2. The largest absolute Gasteiger partial charge is 0.367 e. The molecule has 5 heteroatoms. The lowest BCUT2D eigenvalue weighted by Crippen LogP contribution is -2.27. The third kappa shape index (κ3) is 2.90. The highest BCUT2D eigenvalue weighted by atomic mass is 15.3. The van der Waals surface area contributed by atoms with E-state index in [9.17, 15) is 0 Å². The highest BCUT2D eigenvalue weighted by molar-refractivity contribution is 5.56. The standard InChI is InChI=1S/C13H23N5/c1-3-10-4-6-11(7-5-10)17-12-9(2)13(18-14)16-8-15-12/h8,10-11H,3-7,14H2,1-2H3,(H2,15,16,17,18). The first-order valence-electron chi connectivity index (χ1n) is 6.79. The molecule has 1 saturated carbocycles. The Kier molecular flexibility index (Phi) is 4.36. The number of nitrogen functional groups attached to an aromatic ring is 1. The van der Waals surface area contributed by atoms with E-state index in [-0.39, 0.29) is 0 Å². The Labute approximate surface area is 109 Å². The molecule has 0 saturated heterocycles. The summed E-state index contributed by atoms with van der Waals surface area (Å²) in [5.74, 6) is 7.92. The minimum absolute atomic E-state index is 0.534. The van der Waals surface area contributed by atoms with Gasteiger partial charge in [0.05, 0.1) is 0 Å². The third-order valence-corrected chi connectivity index (χ3v) is 3.99. The van der Waals surface area contributed by atoms with E-state index >= 15 is 0 Å². The number of hydrogen-bond acceptors (Lipinski definition) is 5. The molecule has 0 aliphatic heterocycles. The summed E-state index contributed by atoms with van der Waals surface area (Å²) in [6, 6.07) is 0.534. The van der Waals surface area contributed by atoms with Crippen LogP contribution in [0, 0.1) is 12.8 Å². The van der Waals surface area contributed by atoms with Crippen LogP contribution in [-0.2, 0) is 0 Å². The molecule has 0 unspecified atom stereocenters. The Morgan fingerprint density at radius 2 is 1.89 bits per heavy atom. The molecular weight excluding hydrogens is 226 g/mol. The van der Waals surface area contributed by atoms with Crippen LogP contribution in [0.25, 0.3) is 0 Å². The van der Waals surface area contributed by atoms with Crippen LogP contribution in [0.4, 0.5) is 11.6 Å². The van der Waals surface area contributed by atoms with E-state index in [0.29, 0.717) is 11.9 Å². The van der Waals surface area contributed by atoms with Crippen LogP contribution in [0.1, 0.15) is 44.6 Å². The molecule has 1 aliphatic carbocycles. The second-order valence-corrected chi connectivity index (χ2v) is 5.11. The van der Waals surface area contributed by atoms with Gasteiger partial charge in [-0.2, -0.15) is 0 Å². The van der Waals surface area contributed by atoms with Gasteiger partial charge in [0.2, 0.25) is 0 Å². The molecule has 2 rings (SSSR count). The lowest BCUT2D eigenvalue weighted by atomic mass is 9.84. The molecule has 5 nitrogen and oxygen atoms in total. The van der Waals surface area contributed by atoms with Crippen LogP contribution in [0.5, 0.6) is 0 Å².